The van der Waals surface area contributed by atoms with Crippen molar-refractivity contribution in [2.24, 2.45) is 0 Å². The number of carbonyl (C=O) groups excluding carboxylic acids is 1. The summed E-state index contributed by atoms with van der Waals surface area (Å²) in [6, 6.07) is 0.814. The third kappa shape index (κ3) is 2.80. The Labute approximate surface area is 127 Å². The van der Waals surface area contributed by atoms with Gasteiger partial charge in [-0.3, -0.25) is 9.69 Å². The number of carboxylic acids is 1. The fraction of sp³-hybridized carbons (Fsp3) is 0.643. The van der Waals surface area contributed by atoms with Gasteiger partial charge < -0.3 is 10.4 Å². The zero-order valence-electron chi connectivity index (χ0n) is 12.0. The summed E-state index contributed by atoms with van der Waals surface area (Å²) in [6.07, 6.45) is 4.73. The number of ketones is 1. The highest BCUT2D eigenvalue weighted by molar-refractivity contribution is 7.17. The first-order chi connectivity index (χ1) is 10.1. The molecular formula is C14H19N3O3S. The Kier molecular flexibility index (Phi) is 3.95. The van der Waals surface area contributed by atoms with Crippen LogP contribution in [0.1, 0.15) is 52.8 Å². The minimum atomic E-state index is -1.14. The van der Waals surface area contributed by atoms with Crippen LogP contribution < -0.4 is 5.32 Å². The van der Waals surface area contributed by atoms with Gasteiger partial charge in [0.05, 0.1) is 0 Å². The molecule has 21 heavy (non-hydrogen) atoms. The summed E-state index contributed by atoms with van der Waals surface area (Å²) < 4.78 is 0. The number of thiazole rings is 1. The van der Waals surface area contributed by atoms with Crippen molar-refractivity contribution in [3.8, 4) is 0 Å². The maximum atomic E-state index is 11.5. The molecule has 2 unspecified atom stereocenters. The second-order valence-electron chi connectivity index (χ2n) is 5.70. The van der Waals surface area contributed by atoms with Gasteiger partial charge in [0.15, 0.2) is 16.6 Å². The second-order valence-corrected chi connectivity index (χ2v) is 6.70. The quantitative estimate of drug-likeness (QED) is 0.829. The highest BCUT2D eigenvalue weighted by Crippen LogP contribution is 2.31. The molecule has 2 atom stereocenters. The Morgan fingerprint density at radius 1 is 1.33 bits per heavy atom. The summed E-state index contributed by atoms with van der Waals surface area (Å²) in [6.45, 7) is 3.61. The van der Waals surface area contributed by atoms with E-state index in [2.05, 4.69) is 15.2 Å². The average Bonchev–Trinajstić information content (AvgIpc) is 3.04. The molecule has 2 N–H and O–H groups in total. The number of piperidine rings is 1. The van der Waals surface area contributed by atoms with Gasteiger partial charge in [-0.25, -0.2) is 9.78 Å². The van der Waals surface area contributed by atoms with Crippen LogP contribution in [-0.2, 0) is 0 Å². The number of nitrogens with zero attached hydrogens (tertiary/aromatic N) is 2. The summed E-state index contributed by atoms with van der Waals surface area (Å²) in [4.78, 5) is 29.5. The Balaban J connectivity index is 1.77. The van der Waals surface area contributed by atoms with Gasteiger partial charge in [-0.2, -0.15) is 0 Å². The van der Waals surface area contributed by atoms with Crippen LogP contribution in [0.25, 0.3) is 0 Å². The predicted molar refractivity (Wildman–Crippen MR) is 80.3 cm³/mol. The molecule has 1 aromatic heterocycles. The normalized spacial score (nSPS) is 25.6. The van der Waals surface area contributed by atoms with Gasteiger partial charge >= 0.3 is 5.97 Å². The molecule has 0 saturated carbocycles. The maximum Gasteiger partial charge on any atom is 0.356 e. The Hall–Kier alpha value is -1.47. The first kappa shape index (κ1) is 14.5. The van der Waals surface area contributed by atoms with E-state index >= 15 is 0 Å². The standard InChI is InChI=1S/C14H19N3O3S/c1-8(18)12-11(13(19)20)16-14(21-12)15-9-5-7-17-6-3-2-4-10(9)17/h9-10H,2-7H2,1H3,(H,15,16)(H,19,20). The van der Waals surface area contributed by atoms with Crippen molar-refractivity contribution in [3.05, 3.63) is 10.6 Å². The van der Waals surface area contributed by atoms with E-state index in [-0.39, 0.29) is 16.4 Å². The van der Waals surface area contributed by atoms with Crippen LogP contribution in [0.2, 0.25) is 0 Å². The molecule has 0 aliphatic carbocycles. The molecule has 2 aliphatic heterocycles. The third-order valence-corrected chi connectivity index (χ3v) is 5.40. The maximum absolute atomic E-state index is 11.5. The van der Waals surface area contributed by atoms with Crippen molar-refractivity contribution < 1.29 is 14.7 Å². The van der Waals surface area contributed by atoms with Crippen molar-refractivity contribution in [2.45, 2.75) is 44.7 Å². The number of aromatic carboxylic acids is 1. The minimum absolute atomic E-state index is 0.131. The van der Waals surface area contributed by atoms with E-state index in [4.69, 9.17) is 5.11 Å². The van der Waals surface area contributed by atoms with E-state index < -0.39 is 5.97 Å². The van der Waals surface area contributed by atoms with Crippen molar-refractivity contribution in [2.75, 3.05) is 18.4 Å². The Morgan fingerprint density at radius 2 is 2.14 bits per heavy atom. The molecule has 2 aliphatic rings. The lowest BCUT2D eigenvalue weighted by atomic mass is 9.99. The Bertz CT molecular complexity index is 540. The summed E-state index contributed by atoms with van der Waals surface area (Å²) >= 11 is 1.15. The highest BCUT2D eigenvalue weighted by atomic mass is 32.1. The van der Waals surface area contributed by atoms with Crippen LogP contribution in [0.3, 0.4) is 0 Å². The smallest absolute Gasteiger partial charge is 0.356 e. The molecular weight excluding hydrogens is 290 g/mol. The summed E-state index contributed by atoms with van der Waals surface area (Å²) in [5, 5.41) is 13.0. The fourth-order valence-corrected chi connectivity index (χ4v) is 4.25. The van der Waals surface area contributed by atoms with Crippen LogP contribution in [-0.4, -0.2) is 51.9 Å². The van der Waals surface area contributed by atoms with Crippen LogP contribution in [0.5, 0.6) is 0 Å². The van der Waals surface area contributed by atoms with Crippen LogP contribution in [0.4, 0.5) is 5.13 Å². The Morgan fingerprint density at radius 3 is 2.81 bits per heavy atom. The molecule has 7 heteroatoms. The van der Waals surface area contributed by atoms with E-state index in [9.17, 15) is 9.59 Å². The number of rotatable bonds is 4. The molecule has 0 aromatic carbocycles. The summed E-state index contributed by atoms with van der Waals surface area (Å²) in [7, 11) is 0. The van der Waals surface area contributed by atoms with Crippen LogP contribution in [0.15, 0.2) is 0 Å². The lowest BCUT2D eigenvalue weighted by Gasteiger charge is -2.32. The van der Waals surface area contributed by atoms with E-state index in [1.54, 1.807) is 0 Å². The molecule has 2 fully saturated rings. The molecule has 114 valence electrons. The van der Waals surface area contributed by atoms with Crippen LogP contribution >= 0.6 is 11.3 Å². The van der Waals surface area contributed by atoms with E-state index in [1.165, 1.54) is 26.2 Å². The number of anilines is 1. The van der Waals surface area contributed by atoms with Crippen molar-refractivity contribution in [3.63, 3.8) is 0 Å². The van der Waals surface area contributed by atoms with Crippen molar-refractivity contribution >= 4 is 28.2 Å². The first-order valence-corrected chi connectivity index (χ1v) is 8.13. The number of hydrogen-bond donors (Lipinski definition) is 2. The number of fused-ring (bicyclic) bond motifs is 1. The third-order valence-electron chi connectivity index (χ3n) is 4.31. The molecule has 3 rings (SSSR count). The average molecular weight is 309 g/mol. The molecule has 2 saturated heterocycles. The van der Waals surface area contributed by atoms with Gasteiger partial charge in [-0.15, -0.1) is 0 Å². The molecule has 0 radical (unpaired) electrons. The SMILES string of the molecule is CC(=O)c1sc(NC2CCN3CCCCC23)nc1C(=O)O. The van der Waals surface area contributed by atoms with Gasteiger partial charge in [-0.1, -0.05) is 17.8 Å². The topological polar surface area (TPSA) is 82.5 Å². The lowest BCUT2D eigenvalue weighted by molar-refractivity contribution is 0.0687. The molecule has 3 heterocycles. The highest BCUT2D eigenvalue weighted by Gasteiger charge is 2.36. The van der Waals surface area contributed by atoms with Gasteiger partial charge in [0.25, 0.3) is 0 Å². The van der Waals surface area contributed by atoms with E-state index in [0.717, 1.165) is 30.8 Å². The van der Waals surface area contributed by atoms with Gasteiger partial charge in [0, 0.05) is 25.6 Å². The van der Waals surface area contributed by atoms with Crippen LogP contribution in [0, 0.1) is 0 Å². The van der Waals surface area contributed by atoms with Gasteiger partial charge in [0.1, 0.15) is 4.88 Å². The van der Waals surface area contributed by atoms with Gasteiger partial charge in [0.2, 0.25) is 0 Å². The number of hydrogen-bond acceptors (Lipinski definition) is 6. The second kappa shape index (κ2) is 5.73. The molecule has 0 spiro atoms. The van der Waals surface area contributed by atoms with E-state index in [1.807, 2.05) is 0 Å². The number of Topliss-reactive ketones (excluding diaryl/α,β-unsaturated/α-hetero) is 1. The largest absolute Gasteiger partial charge is 0.476 e. The van der Waals surface area contributed by atoms with Crippen molar-refractivity contribution in [1.82, 2.24) is 9.88 Å². The zero-order valence-corrected chi connectivity index (χ0v) is 12.8. The van der Waals surface area contributed by atoms with Crippen molar-refractivity contribution in [1.29, 1.82) is 0 Å². The molecule has 6 nitrogen and oxygen atoms in total. The predicted octanol–water partition coefficient (Wildman–Crippen LogP) is 2.08. The first-order valence-electron chi connectivity index (χ1n) is 7.32. The number of nitrogens with one attached hydrogen (secondary N) is 1. The molecule has 0 bridgehead atoms. The van der Waals surface area contributed by atoms with Gasteiger partial charge in [-0.05, 0) is 25.8 Å². The minimum Gasteiger partial charge on any atom is -0.476 e. The number of aromatic nitrogens is 1. The lowest BCUT2D eigenvalue weighted by Crippen LogP contribution is -2.41. The number of carboxylic acid groups (broad SMARTS) is 1. The molecule has 0 amide bonds. The zero-order chi connectivity index (χ0) is 15.0. The fourth-order valence-electron chi connectivity index (χ4n) is 3.34. The molecule has 1 aromatic rings. The number of carbonyl (C=O) groups is 2. The summed E-state index contributed by atoms with van der Waals surface area (Å²) in [5.74, 6) is -1.39. The monoisotopic (exact) mass is 309 g/mol. The summed E-state index contributed by atoms with van der Waals surface area (Å²) in [5.41, 5.74) is -0.131. The van der Waals surface area contributed by atoms with E-state index in [0.29, 0.717) is 17.2 Å².